The Morgan fingerprint density at radius 1 is 1.13 bits per heavy atom. The summed E-state index contributed by atoms with van der Waals surface area (Å²) in [5.41, 5.74) is 1.77. The van der Waals surface area contributed by atoms with E-state index in [9.17, 15) is 18.0 Å². The summed E-state index contributed by atoms with van der Waals surface area (Å²) in [6, 6.07) is 13.6. The number of aryl methyl sites for hydroxylation is 1. The molecule has 0 spiro atoms. The van der Waals surface area contributed by atoms with Crippen LogP contribution in [0.4, 0.5) is 5.82 Å². The monoisotopic (exact) mass is 571 g/mol. The molecule has 2 aromatic carbocycles. The molecule has 0 bridgehead atoms. The van der Waals surface area contributed by atoms with Crippen LogP contribution in [0.5, 0.6) is 0 Å². The molecule has 208 valence electrons. The van der Waals surface area contributed by atoms with Gasteiger partial charge in [-0.05, 0) is 61.2 Å². The number of carbonyl (C=O) groups excluding carboxylic acids is 2. The lowest BCUT2D eigenvalue weighted by Crippen LogP contribution is -2.48. The van der Waals surface area contributed by atoms with Crippen molar-refractivity contribution in [3.8, 4) is 0 Å². The Kier molecular flexibility index (Phi) is 8.48. The first-order valence-electron chi connectivity index (χ1n) is 12.9. The fraction of sp³-hybridized carbons (Fsp3) is 0.393. The van der Waals surface area contributed by atoms with Gasteiger partial charge >= 0.3 is 0 Å². The highest BCUT2D eigenvalue weighted by molar-refractivity contribution is 7.89. The lowest BCUT2D eigenvalue weighted by atomic mass is 9.92. The molecular weight excluding hydrogens is 538 g/mol. The van der Waals surface area contributed by atoms with Gasteiger partial charge in [0.2, 0.25) is 15.9 Å². The van der Waals surface area contributed by atoms with E-state index < -0.39 is 16.1 Å². The molecule has 11 heteroatoms. The number of hydrogen-bond acceptors (Lipinski definition) is 5. The predicted molar refractivity (Wildman–Crippen MR) is 151 cm³/mol. The van der Waals surface area contributed by atoms with Crippen molar-refractivity contribution in [2.24, 2.45) is 7.05 Å². The second kappa shape index (κ2) is 11.5. The van der Waals surface area contributed by atoms with Crippen molar-refractivity contribution in [3.63, 3.8) is 0 Å². The molecule has 0 unspecified atom stereocenters. The van der Waals surface area contributed by atoms with Crippen molar-refractivity contribution in [2.45, 2.75) is 62.9 Å². The smallest absolute Gasteiger partial charge is 0.256 e. The zero-order chi connectivity index (χ0) is 28.4. The molecule has 0 radical (unpaired) electrons. The maximum atomic E-state index is 13.7. The van der Waals surface area contributed by atoms with E-state index in [2.05, 4.69) is 36.5 Å². The number of halogens is 1. The van der Waals surface area contributed by atoms with Crippen molar-refractivity contribution < 1.29 is 18.0 Å². The average Bonchev–Trinajstić information content (AvgIpc) is 3.12. The summed E-state index contributed by atoms with van der Waals surface area (Å²) in [6.07, 6.45) is 1.93. The van der Waals surface area contributed by atoms with Crippen LogP contribution in [-0.2, 0) is 33.8 Å². The minimum absolute atomic E-state index is 0.0262. The number of anilines is 1. The van der Waals surface area contributed by atoms with Crippen LogP contribution in [0.3, 0.4) is 0 Å². The van der Waals surface area contributed by atoms with Crippen molar-refractivity contribution in [2.75, 3.05) is 11.9 Å². The van der Waals surface area contributed by atoms with E-state index in [1.165, 1.54) is 28.6 Å². The van der Waals surface area contributed by atoms with E-state index in [-0.39, 0.29) is 28.7 Å². The average molecular weight is 572 g/mol. The Bertz CT molecular complexity index is 1440. The summed E-state index contributed by atoms with van der Waals surface area (Å²) >= 11 is 5.98. The van der Waals surface area contributed by atoms with Crippen molar-refractivity contribution in [1.82, 2.24) is 19.4 Å². The van der Waals surface area contributed by atoms with Gasteiger partial charge in [-0.2, -0.15) is 9.40 Å². The Morgan fingerprint density at radius 2 is 1.79 bits per heavy atom. The molecule has 1 saturated heterocycles. The maximum Gasteiger partial charge on any atom is 0.256 e. The third-order valence-corrected chi connectivity index (χ3v) is 8.84. The zero-order valence-corrected chi connectivity index (χ0v) is 24.1. The van der Waals surface area contributed by atoms with Gasteiger partial charge < -0.3 is 10.6 Å². The number of rotatable bonds is 7. The first kappa shape index (κ1) is 28.8. The molecule has 3 aromatic rings. The van der Waals surface area contributed by atoms with Crippen LogP contribution in [0.25, 0.3) is 0 Å². The summed E-state index contributed by atoms with van der Waals surface area (Å²) in [5, 5.41) is 10.6. The van der Waals surface area contributed by atoms with E-state index in [0.29, 0.717) is 34.9 Å². The van der Waals surface area contributed by atoms with Crippen molar-refractivity contribution >= 4 is 39.3 Å². The largest absolute Gasteiger partial charge is 0.355 e. The van der Waals surface area contributed by atoms with Gasteiger partial charge in [-0.15, -0.1) is 0 Å². The quantitative estimate of drug-likeness (QED) is 0.434. The summed E-state index contributed by atoms with van der Waals surface area (Å²) in [5.74, 6) is -0.0424. The van der Waals surface area contributed by atoms with E-state index in [0.717, 1.165) is 18.5 Å². The van der Waals surface area contributed by atoms with E-state index >= 15 is 0 Å². The normalized spacial score (nSPS) is 16.6. The number of nitrogens with one attached hydrogen (secondary N) is 2. The van der Waals surface area contributed by atoms with Gasteiger partial charge in [-0.3, -0.25) is 14.3 Å². The fourth-order valence-electron chi connectivity index (χ4n) is 4.38. The van der Waals surface area contributed by atoms with Crippen LogP contribution in [-0.4, -0.2) is 46.9 Å². The minimum Gasteiger partial charge on any atom is -0.355 e. The number of amides is 2. The molecule has 0 saturated carbocycles. The second-order valence-corrected chi connectivity index (χ2v) is 13.1. The fourth-order valence-corrected chi connectivity index (χ4v) is 6.12. The van der Waals surface area contributed by atoms with E-state index in [1.807, 2.05) is 6.07 Å². The SMILES string of the molecule is Cn1nc(C(C)(C)C)cc1NC(=O)c1ccc(CN([C@@H]2CCCCNC2=O)S(=O)(=O)c2ccc(Cl)cc2)cc1. The van der Waals surface area contributed by atoms with E-state index in [1.54, 1.807) is 36.0 Å². The Hall–Kier alpha value is -3.21. The molecule has 1 aliphatic rings. The standard InChI is InChI=1S/C28H34ClN5O4S/c1-28(2,3)24-17-25(33(4)32-24)31-26(35)20-10-8-19(9-11-20)18-34(23-7-5-6-16-30-27(23)36)39(37,38)22-14-12-21(29)13-15-22/h8-15,17,23H,5-7,16,18H2,1-4H3,(H,30,36)(H,31,35)/t23-/m1/s1. The summed E-state index contributed by atoms with van der Waals surface area (Å²) in [6.45, 7) is 6.64. The number of aromatic nitrogens is 2. The number of nitrogens with zero attached hydrogens (tertiary/aromatic N) is 3. The molecule has 1 aromatic heterocycles. The molecule has 1 aliphatic heterocycles. The summed E-state index contributed by atoms with van der Waals surface area (Å²) < 4.78 is 30.3. The topological polar surface area (TPSA) is 113 Å². The Morgan fingerprint density at radius 3 is 2.41 bits per heavy atom. The first-order chi connectivity index (χ1) is 18.4. The van der Waals surface area contributed by atoms with Crippen LogP contribution in [0.1, 0.15) is 61.6 Å². The third-order valence-electron chi connectivity index (χ3n) is 6.72. The highest BCUT2D eigenvalue weighted by Crippen LogP contribution is 2.27. The van der Waals surface area contributed by atoms with Crippen molar-refractivity contribution in [3.05, 3.63) is 76.4 Å². The molecular formula is C28H34ClN5O4S. The zero-order valence-electron chi connectivity index (χ0n) is 22.6. The summed E-state index contributed by atoms with van der Waals surface area (Å²) in [7, 11) is -2.25. The number of sulfonamides is 1. The lowest BCUT2D eigenvalue weighted by molar-refractivity contribution is -0.124. The van der Waals surface area contributed by atoms with Crippen LogP contribution in [0.2, 0.25) is 5.02 Å². The van der Waals surface area contributed by atoms with Gasteiger partial charge in [-0.25, -0.2) is 8.42 Å². The van der Waals surface area contributed by atoms with Crippen LogP contribution in [0.15, 0.2) is 59.5 Å². The van der Waals surface area contributed by atoms with Crippen LogP contribution in [0, 0.1) is 0 Å². The van der Waals surface area contributed by atoms with Gasteiger partial charge in [0.1, 0.15) is 11.9 Å². The summed E-state index contributed by atoms with van der Waals surface area (Å²) in [4.78, 5) is 25.9. The molecule has 0 aliphatic carbocycles. The second-order valence-electron chi connectivity index (χ2n) is 10.7. The minimum atomic E-state index is -4.02. The molecule has 2 heterocycles. The highest BCUT2D eigenvalue weighted by Gasteiger charge is 2.36. The van der Waals surface area contributed by atoms with Crippen LogP contribution < -0.4 is 10.6 Å². The number of carbonyl (C=O) groups is 2. The molecule has 1 fully saturated rings. The lowest BCUT2D eigenvalue weighted by Gasteiger charge is -2.29. The van der Waals surface area contributed by atoms with E-state index in [4.69, 9.17) is 11.6 Å². The maximum absolute atomic E-state index is 13.7. The van der Waals surface area contributed by atoms with Gasteiger partial charge in [0.05, 0.1) is 10.6 Å². The van der Waals surface area contributed by atoms with Gasteiger partial charge in [-0.1, -0.05) is 44.5 Å². The number of hydrogen-bond donors (Lipinski definition) is 2. The van der Waals surface area contributed by atoms with Gasteiger partial charge in [0, 0.05) is 42.2 Å². The van der Waals surface area contributed by atoms with Crippen molar-refractivity contribution in [1.29, 1.82) is 0 Å². The highest BCUT2D eigenvalue weighted by atomic mass is 35.5. The first-order valence-corrected chi connectivity index (χ1v) is 14.7. The third kappa shape index (κ3) is 6.69. The van der Waals surface area contributed by atoms with Gasteiger partial charge in [0.25, 0.3) is 5.91 Å². The molecule has 9 nitrogen and oxygen atoms in total. The Labute approximate surface area is 234 Å². The molecule has 2 N–H and O–H groups in total. The molecule has 4 rings (SSSR count). The Balaban J connectivity index is 1.57. The predicted octanol–water partition coefficient (Wildman–Crippen LogP) is 4.48. The molecule has 2 amide bonds. The molecule has 1 atom stereocenters. The number of benzene rings is 2. The molecule has 39 heavy (non-hydrogen) atoms. The van der Waals surface area contributed by atoms with Crippen LogP contribution >= 0.6 is 11.6 Å². The van der Waals surface area contributed by atoms with Gasteiger partial charge in [0.15, 0.2) is 0 Å².